The van der Waals surface area contributed by atoms with E-state index in [0.717, 1.165) is 42.9 Å². The van der Waals surface area contributed by atoms with Crippen LogP contribution in [-0.2, 0) is 11.2 Å². The normalized spacial score (nSPS) is 14.8. The van der Waals surface area contributed by atoms with Gasteiger partial charge in [0.15, 0.2) is 0 Å². The SMILES string of the molecule is CN1CCN(C(Cc2ccc(C(=O)Nc3cc(-c4ccccc4)ccc3N)cc2)C(=O)Nc2ccc(Cl)cc2)CC1. The van der Waals surface area contributed by atoms with Crippen LogP contribution in [0.3, 0.4) is 0 Å². The van der Waals surface area contributed by atoms with Crippen LogP contribution in [-0.4, -0.2) is 60.9 Å². The Labute approximate surface area is 245 Å². The third-order valence-corrected chi connectivity index (χ3v) is 7.70. The second-order valence-corrected chi connectivity index (χ2v) is 10.8. The number of benzene rings is 4. The Morgan fingerprint density at radius 2 is 1.51 bits per heavy atom. The summed E-state index contributed by atoms with van der Waals surface area (Å²) in [5.74, 6) is -0.308. The van der Waals surface area contributed by atoms with E-state index >= 15 is 0 Å². The summed E-state index contributed by atoms with van der Waals surface area (Å²) in [6, 6.07) is 29.8. The van der Waals surface area contributed by atoms with Crippen molar-refractivity contribution in [2.75, 3.05) is 49.6 Å². The van der Waals surface area contributed by atoms with Crippen molar-refractivity contribution in [1.82, 2.24) is 9.80 Å². The van der Waals surface area contributed by atoms with Gasteiger partial charge in [-0.2, -0.15) is 0 Å². The van der Waals surface area contributed by atoms with Crippen LogP contribution in [0.4, 0.5) is 17.1 Å². The lowest BCUT2D eigenvalue weighted by Gasteiger charge is -2.37. The van der Waals surface area contributed by atoms with E-state index in [2.05, 4.69) is 27.5 Å². The van der Waals surface area contributed by atoms with Crippen LogP contribution in [0.5, 0.6) is 0 Å². The summed E-state index contributed by atoms with van der Waals surface area (Å²) < 4.78 is 0. The van der Waals surface area contributed by atoms with Gasteiger partial charge in [-0.25, -0.2) is 0 Å². The van der Waals surface area contributed by atoms with Gasteiger partial charge in [0.2, 0.25) is 5.91 Å². The van der Waals surface area contributed by atoms with Gasteiger partial charge in [-0.3, -0.25) is 14.5 Å². The highest BCUT2D eigenvalue weighted by molar-refractivity contribution is 6.30. The zero-order valence-corrected chi connectivity index (χ0v) is 23.8. The van der Waals surface area contributed by atoms with Crippen molar-refractivity contribution < 1.29 is 9.59 Å². The molecule has 4 aromatic carbocycles. The molecule has 0 spiro atoms. The molecule has 0 radical (unpaired) electrons. The molecule has 4 aromatic rings. The van der Waals surface area contributed by atoms with Crippen LogP contribution in [0.25, 0.3) is 11.1 Å². The van der Waals surface area contributed by atoms with Gasteiger partial charge >= 0.3 is 0 Å². The molecule has 1 aliphatic heterocycles. The summed E-state index contributed by atoms with van der Waals surface area (Å²) >= 11 is 6.01. The molecule has 1 unspecified atom stereocenters. The Morgan fingerprint density at radius 1 is 0.829 bits per heavy atom. The van der Waals surface area contributed by atoms with Crippen LogP contribution in [0.15, 0.2) is 97.1 Å². The molecular weight excluding hydrogens is 534 g/mol. The summed E-state index contributed by atoms with van der Waals surface area (Å²) in [6.07, 6.45) is 0.525. The quantitative estimate of drug-likeness (QED) is 0.240. The van der Waals surface area contributed by atoms with E-state index in [1.165, 1.54) is 0 Å². The fourth-order valence-electron chi connectivity index (χ4n) is 4.96. The number of nitrogens with one attached hydrogen (secondary N) is 2. The van der Waals surface area contributed by atoms with Crippen molar-refractivity contribution in [2.24, 2.45) is 0 Å². The molecule has 1 aliphatic rings. The Kier molecular flexibility index (Phi) is 8.99. The zero-order chi connectivity index (χ0) is 28.8. The lowest BCUT2D eigenvalue weighted by molar-refractivity contribution is -0.122. The van der Waals surface area contributed by atoms with Gasteiger partial charge in [0.1, 0.15) is 0 Å². The van der Waals surface area contributed by atoms with E-state index in [1.54, 1.807) is 42.5 Å². The molecule has 41 heavy (non-hydrogen) atoms. The number of piperazine rings is 1. The highest BCUT2D eigenvalue weighted by Gasteiger charge is 2.29. The molecule has 1 heterocycles. The van der Waals surface area contributed by atoms with Crippen molar-refractivity contribution >= 4 is 40.5 Å². The molecule has 1 fully saturated rings. The van der Waals surface area contributed by atoms with Gasteiger partial charge in [0.05, 0.1) is 17.4 Å². The topological polar surface area (TPSA) is 90.7 Å². The van der Waals surface area contributed by atoms with Crippen molar-refractivity contribution in [2.45, 2.75) is 12.5 Å². The predicted octanol–water partition coefficient (Wildman–Crippen LogP) is 5.64. The highest BCUT2D eigenvalue weighted by atomic mass is 35.5. The average Bonchev–Trinajstić information content (AvgIpc) is 2.99. The van der Waals surface area contributed by atoms with Crippen molar-refractivity contribution in [3.05, 3.63) is 113 Å². The molecule has 1 saturated heterocycles. The van der Waals surface area contributed by atoms with E-state index in [0.29, 0.717) is 34.1 Å². The summed E-state index contributed by atoms with van der Waals surface area (Å²) in [7, 11) is 2.09. The van der Waals surface area contributed by atoms with Crippen LogP contribution in [0, 0.1) is 0 Å². The second kappa shape index (κ2) is 13.0. The van der Waals surface area contributed by atoms with Gasteiger partial charge in [0, 0.05) is 42.5 Å². The first-order valence-corrected chi connectivity index (χ1v) is 14.1. The van der Waals surface area contributed by atoms with Crippen LogP contribution >= 0.6 is 11.6 Å². The first-order valence-electron chi connectivity index (χ1n) is 13.7. The molecule has 0 saturated carbocycles. The van der Waals surface area contributed by atoms with Gasteiger partial charge in [0.25, 0.3) is 5.91 Å². The summed E-state index contributed by atoms with van der Waals surface area (Å²) in [6.45, 7) is 3.41. The number of carbonyl (C=O) groups excluding carboxylic acids is 2. The number of hydrogen-bond donors (Lipinski definition) is 3. The standard InChI is InChI=1S/C33H34ClN5O2/c1-38-17-19-39(20-18-38)31(33(41)36-28-14-12-27(34)13-15-28)21-23-7-9-25(10-8-23)32(40)37-30-22-26(11-16-29(30)35)24-5-3-2-4-6-24/h2-16,22,31H,17-21,35H2,1H3,(H,36,41)(H,37,40). The molecule has 8 heteroatoms. The molecule has 5 rings (SSSR count). The van der Waals surface area contributed by atoms with Crippen molar-refractivity contribution in [3.63, 3.8) is 0 Å². The van der Waals surface area contributed by atoms with E-state index in [1.807, 2.05) is 54.6 Å². The van der Waals surface area contributed by atoms with Crippen LogP contribution < -0.4 is 16.4 Å². The minimum Gasteiger partial charge on any atom is -0.397 e. The maximum atomic E-state index is 13.4. The molecule has 210 valence electrons. The Bertz CT molecular complexity index is 1480. The number of rotatable bonds is 8. The van der Waals surface area contributed by atoms with Crippen molar-refractivity contribution in [3.8, 4) is 11.1 Å². The second-order valence-electron chi connectivity index (χ2n) is 10.4. The first kappa shape index (κ1) is 28.4. The summed E-state index contributed by atoms with van der Waals surface area (Å²) in [5, 5.41) is 6.62. The van der Waals surface area contributed by atoms with E-state index in [-0.39, 0.29) is 17.9 Å². The molecule has 7 nitrogen and oxygen atoms in total. The lowest BCUT2D eigenvalue weighted by Crippen LogP contribution is -2.53. The maximum Gasteiger partial charge on any atom is 0.255 e. The lowest BCUT2D eigenvalue weighted by atomic mass is 10.0. The molecule has 0 bridgehead atoms. The van der Waals surface area contributed by atoms with Gasteiger partial charge in [-0.1, -0.05) is 60.1 Å². The number of nitrogens with zero attached hydrogens (tertiary/aromatic N) is 2. The third-order valence-electron chi connectivity index (χ3n) is 7.45. The molecule has 4 N–H and O–H groups in total. The van der Waals surface area contributed by atoms with E-state index in [4.69, 9.17) is 17.3 Å². The Morgan fingerprint density at radius 3 is 2.20 bits per heavy atom. The fourth-order valence-corrected chi connectivity index (χ4v) is 5.09. The third kappa shape index (κ3) is 7.32. The largest absolute Gasteiger partial charge is 0.397 e. The number of likely N-dealkylation sites (N-methyl/N-ethyl adjacent to an activating group) is 1. The number of anilines is 3. The Balaban J connectivity index is 1.29. The van der Waals surface area contributed by atoms with Crippen LogP contribution in [0.1, 0.15) is 15.9 Å². The Hall–Kier alpha value is -4.17. The molecule has 2 amide bonds. The number of nitrogens with two attached hydrogens (primary N) is 1. The molecular formula is C33H34ClN5O2. The number of halogens is 1. The van der Waals surface area contributed by atoms with E-state index in [9.17, 15) is 9.59 Å². The predicted molar refractivity (Wildman–Crippen MR) is 167 cm³/mol. The number of hydrogen-bond acceptors (Lipinski definition) is 5. The van der Waals surface area contributed by atoms with Crippen molar-refractivity contribution in [1.29, 1.82) is 0 Å². The molecule has 0 aliphatic carbocycles. The first-order chi connectivity index (χ1) is 19.9. The smallest absolute Gasteiger partial charge is 0.255 e. The van der Waals surface area contributed by atoms with Crippen LogP contribution in [0.2, 0.25) is 5.02 Å². The number of amides is 2. The summed E-state index contributed by atoms with van der Waals surface area (Å²) in [4.78, 5) is 31.1. The maximum absolute atomic E-state index is 13.4. The zero-order valence-electron chi connectivity index (χ0n) is 23.0. The minimum absolute atomic E-state index is 0.0625. The van der Waals surface area contributed by atoms with E-state index < -0.39 is 0 Å². The molecule has 0 aromatic heterocycles. The van der Waals surface area contributed by atoms with Gasteiger partial charge in [-0.15, -0.1) is 0 Å². The minimum atomic E-state index is -0.348. The number of carbonyl (C=O) groups is 2. The highest BCUT2D eigenvalue weighted by Crippen LogP contribution is 2.28. The monoisotopic (exact) mass is 567 g/mol. The summed E-state index contributed by atoms with van der Waals surface area (Å²) in [5.41, 5.74) is 11.4. The fraction of sp³-hybridized carbons (Fsp3) is 0.212. The van der Waals surface area contributed by atoms with Gasteiger partial charge in [-0.05, 0) is 78.7 Å². The molecule has 1 atom stereocenters. The number of nitrogen functional groups attached to an aromatic ring is 1. The average molecular weight is 568 g/mol. The van der Waals surface area contributed by atoms with Gasteiger partial charge < -0.3 is 21.3 Å².